The van der Waals surface area contributed by atoms with Gasteiger partial charge in [-0.3, -0.25) is 14.9 Å². The van der Waals surface area contributed by atoms with Crippen LogP contribution < -0.4 is 16.0 Å². The average molecular weight is 520 g/mol. The predicted molar refractivity (Wildman–Crippen MR) is 136 cm³/mol. The van der Waals surface area contributed by atoms with E-state index in [1.807, 2.05) is 12.3 Å². The van der Waals surface area contributed by atoms with E-state index < -0.39 is 27.8 Å². The molecule has 0 saturated carbocycles. The zero-order valence-corrected chi connectivity index (χ0v) is 21.0. The van der Waals surface area contributed by atoms with Gasteiger partial charge in [-0.15, -0.1) is 0 Å². The number of sulfone groups is 1. The van der Waals surface area contributed by atoms with E-state index in [-0.39, 0.29) is 30.8 Å². The standard InChI is InChI=1S/C24H29N3O6S2/c1-34-12-11-20(24(30)31)26-23(29)18-8-7-16(13-19(18)17-5-3-2-4-6-17)14-35(32,33)15-25-21-9-10-22(28)27-21/h2-6,8,13-14,20-21,25H,7,9-12,15H2,1H3,(H,26,29)(H,27,28)(H,30,31)/t20-,21+/m0/s1. The van der Waals surface area contributed by atoms with E-state index in [2.05, 4.69) is 16.0 Å². The van der Waals surface area contributed by atoms with Gasteiger partial charge in [0.2, 0.25) is 5.91 Å². The first-order chi connectivity index (χ1) is 16.7. The quantitative estimate of drug-likeness (QED) is 0.347. The number of carboxylic acid groups (broad SMARTS) is 1. The number of carbonyl (C=O) groups is 3. The van der Waals surface area contributed by atoms with Crippen LogP contribution in [0.5, 0.6) is 0 Å². The van der Waals surface area contributed by atoms with Crippen molar-refractivity contribution < 1.29 is 27.9 Å². The van der Waals surface area contributed by atoms with Crippen molar-refractivity contribution >= 4 is 45.0 Å². The third-order valence-corrected chi connectivity index (χ3v) is 7.44. The van der Waals surface area contributed by atoms with Crippen molar-refractivity contribution in [1.29, 1.82) is 0 Å². The maximum absolute atomic E-state index is 13.1. The number of thioether (sulfide) groups is 1. The molecule has 1 fully saturated rings. The summed E-state index contributed by atoms with van der Waals surface area (Å²) < 4.78 is 25.3. The molecule has 35 heavy (non-hydrogen) atoms. The second-order valence-electron chi connectivity index (χ2n) is 8.25. The Morgan fingerprint density at radius 1 is 1.29 bits per heavy atom. The fourth-order valence-electron chi connectivity index (χ4n) is 3.79. The predicted octanol–water partition coefficient (Wildman–Crippen LogP) is 1.80. The Morgan fingerprint density at radius 3 is 2.66 bits per heavy atom. The lowest BCUT2D eigenvalue weighted by atomic mass is 9.89. The number of carbonyl (C=O) groups excluding carboxylic acids is 2. The zero-order chi connectivity index (χ0) is 25.4. The van der Waals surface area contributed by atoms with Crippen LogP contribution in [0.15, 0.2) is 59.0 Å². The fourth-order valence-corrected chi connectivity index (χ4v) is 5.40. The number of aliphatic carboxylic acids is 1. The molecule has 2 amide bonds. The molecule has 0 radical (unpaired) electrons. The highest BCUT2D eigenvalue weighted by atomic mass is 32.2. The van der Waals surface area contributed by atoms with E-state index in [1.54, 1.807) is 36.4 Å². The van der Waals surface area contributed by atoms with Gasteiger partial charge in [0.05, 0.1) is 6.17 Å². The highest BCUT2D eigenvalue weighted by Crippen LogP contribution is 2.31. The Hall–Kier alpha value is -2.89. The molecule has 0 spiro atoms. The Morgan fingerprint density at radius 2 is 2.03 bits per heavy atom. The van der Waals surface area contributed by atoms with Gasteiger partial charge in [0.25, 0.3) is 5.91 Å². The van der Waals surface area contributed by atoms with Crippen molar-refractivity contribution in [3.63, 3.8) is 0 Å². The number of nitrogens with one attached hydrogen (secondary N) is 3. The highest BCUT2D eigenvalue weighted by molar-refractivity contribution is 7.98. The lowest BCUT2D eigenvalue weighted by Gasteiger charge is -2.21. The van der Waals surface area contributed by atoms with Gasteiger partial charge in [-0.1, -0.05) is 36.4 Å². The van der Waals surface area contributed by atoms with Gasteiger partial charge >= 0.3 is 5.97 Å². The molecule has 1 aliphatic heterocycles. The molecule has 0 unspecified atom stereocenters. The Bertz CT molecular complexity index is 1160. The monoisotopic (exact) mass is 519 g/mol. The number of benzene rings is 1. The van der Waals surface area contributed by atoms with Crippen molar-refractivity contribution in [2.75, 3.05) is 17.9 Å². The maximum atomic E-state index is 13.1. The molecule has 1 aromatic rings. The number of amides is 2. The molecule has 4 N–H and O–H groups in total. The van der Waals surface area contributed by atoms with E-state index in [4.69, 9.17) is 0 Å². The van der Waals surface area contributed by atoms with E-state index >= 15 is 0 Å². The highest BCUT2D eigenvalue weighted by Gasteiger charge is 2.26. The van der Waals surface area contributed by atoms with Crippen molar-refractivity contribution in [2.24, 2.45) is 0 Å². The van der Waals surface area contributed by atoms with Crippen LogP contribution in [0.25, 0.3) is 5.57 Å². The first-order valence-electron chi connectivity index (χ1n) is 11.1. The minimum atomic E-state index is -3.65. The van der Waals surface area contributed by atoms with Crippen LogP contribution in [-0.2, 0) is 24.2 Å². The van der Waals surface area contributed by atoms with Crippen LogP contribution in [0, 0.1) is 0 Å². The van der Waals surface area contributed by atoms with Crippen LogP contribution in [0.4, 0.5) is 0 Å². The summed E-state index contributed by atoms with van der Waals surface area (Å²) in [5.41, 5.74) is 2.02. The molecule has 1 saturated heterocycles. The molecule has 3 rings (SSSR count). The first kappa shape index (κ1) is 26.7. The second kappa shape index (κ2) is 12.2. The summed E-state index contributed by atoms with van der Waals surface area (Å²) in [4.78, 5) is 36.0. The van der Waals surface area contributed by atoms with Crippen molar-refractivity contribution in [3.8, 4) is 0 Å². The van der Waals surface area contributed by atoms with Crippen LogP contribution in [0.2, 0.25) is 0 Å². The SMILES string of the molecule is CSCC[C@H](NC(=O)C1=CCC(=CS(=O)(=O)CN[C@H]2CCC(=O)N2)C=C1c1ccccc1)C(=O)O. The van der Waals surface area contributed by atoms with Crippen molar-refractivity contribution in [2.45, 2.75) is 37.9 Å². The van der Waals surface area contributed by atoms with E-state index in [0.717, 1.165) is 0 Å². The minimum absolute atomic E-state index is 0.115. The van der Waals surface area contributed by atoms with Crippen LogP contribution in [0.3, 0.4) is 0 Å². The van der Waals surface area contributed by atoms with E-state index in [9.17, 15) is 27.9 Å². The molecule has 1 aromatic carbocycles. The number of carboxylic acids is 1. The summed E-state index contributed by atoms with van der Waals surface area (Å²) in [5.74, 6) is -1.49. The van der Waals surface area contributed by atoms with E-state index in [0.29, 0.717) is 40.9 Å². The van der Waals surface area contributed by atoms with Gasteiger partial charge in [-0.25, -0.2) is 13.2 Å². The molecule has 0 aromatic heterocycles. The number of allylic oxidation sites excluding steroid dienone is 3. The summed E-state index contributed by atoms with van der Waals surface area (Å²) in [5, 5.41) is 18.8. The van der Waals surface area contributed by atoms with Crippen LogP contribution in [0.1, 0.15) is 31.2 Å². The summed E-state index contributed by atoms with van der Waals surface area (Å²) in [6, 6.07) is 8.02. The smallest absolute Gasteiger partial charge is 0.326 e. The summed E-state index contributed by atoms with van der Waals surface area (Å²) in [6.07, 6.45) is 6.13. The molecular formula is C24H29N3O6S2. The van der Waals surface area contributed by atoms with Crippen molar-refractivity contribution in [1.82, 2.24) is 16.0 Å². The third kappa shape index (κ3) is 7.81. The van der Waals surface area contributed by atoms with E-state index in [1.165, 1.54) is 17.2 Å². The molecule has 1 heterocycles. The fraction of sp³-hybridized carbons (Fsp3) is 0.375. The molecule has 2 atom stereocenters. The van der Waals surface area contributed by atoms with Crippen LogP contribution >= 0.6 is 11.8 Å². The Kier molecular flexibility index (Phi) is 9.30. The number of rotatable bonds is 11. The normalized spacial score (nSPS) is 20.1. The van der Waals surface area contributed by atoms with Gasteiger partial charge in [0, 0.05) is 17.4 Å². The number of hydrogen-bond donors (Lipinski definition) is 4. The first-order valence-corrected chi connectivity index (χ1v) is 14.3. The molecular weight excluding hydrogens is 490 g/mol. The van der Waals surface area contributed by atoms with Gasteiger partial charge in [0.1, 0.15) is 11.9 Å². The van der Waals surface area contributed by atoms with Gasteiger partial charge in [0.15, 0.2) is 9.84 Å². The topological polar surface area (TPSA) is 142 Å². The summed E-state index contributed by atoms with van der Waals surface area (Å²) in [7, 11) is -3.65. The Labute approximate surface area is 209 Å². The summed E-state index contributed by atoms with van der Waals surface area (Å²) >= 11 is 1.49. The third-order valence-electron chi connectivity index (χ3n) is 5.56. The van der Waals surface area contributed by atoms with Gasteiger partial charge < -0.3 is 15.7 Å². The molecule has 11 heteroatoms. The van der Waals surface area contributed by atoms with Gasteiger partial charge in [-0.2, -0.15) is 11.8 Å². The maximum Gasteiger partial charge on any atom is 0.326 e. The lowest BCUT2D eigenvalue weighted by molar-refractivity contribution is -0.141. The molecule has 1 aliphatic carbocycles. The molecule has 188 valence electrons. The summed E-state index contributed by atoms with van der Waals surface area (Å²) in [6.45, 7) is 0. The van der Waals surface area contributed by atoms with Crippen LogP contribution in [-0.4, -0.2) is 61.4 Å². The lowest BCUT2D eigenvalue weighted by Crippen LogP contribution is -2.42. The van der Waals surface area contributed by atoms with Gasteiger partial charge in [-0.05, 0) is 54.1 Å². The molecule has 9 nitrogen and oxygen atoms in total. The number of hydrogen-bond acceptors (Lipinski definition) is 7. The molecule has 2 aliphatic rings. The van der Waals surface area contributed by atoms with Crippen molar-refractivity contribution in [3.05, 3.63) is 64.6 Å². The average Bonchev–Trinajstić information content (AvgIpc) is 3.25. The largest absolute Gasteiger partial charge is 0.480 e. The molecule has 0 bridgehead atoms. The minimum Gasteiger partial charge on any atom is -0.480 e. The Balaban J connectivity index is 1.81. The second-order valence-corrected chi connectivity index (χ2v) is 11.1. The zero-order valence-electron chi connectivity index (χ0n) is 19.3.